The van der Waals surface area contributed by atoms with Crippen molar-refractivity contribution in [3.63, 3.8) is 0 Å². The summed E-state index contributed by atoms with van der Waals surface area (Å²) in [6.07, 6.45) is 1.60. The molecule has 2 heterocycles. The fraction of sp³-hybridized carbons (Fsp3) is 0.200. The van der Waals surface area contributed by atoms with E-state index in [-0.39, 0.29) is 5.38 Å². The summed E-state index contributed by atoms with van der Waals surface area (Å²) >= 11 is 18.5. The Labute approximate surface area is 137 Å². The van der Waals surface area contributed by atoms with Crippen LogP contribution in [-0.4, -0.2) is 14.5 Å². The van der Waals surface area contributed by atoms with Crippen LogP contribution in [0.5, 0.6) is 0 Å². The molecule has 2 aromatic heterocycles. The van der Waals surface area contributed by atoms with E-state index in [2.05, 4.69) is 9.97 Å². The predicted molar refractivity (Wildman–Crippen MR) is 87.9 cm³/mol. The molecule has 3 rings (SSSR count). The summed E-state index contributed by atoms with van der Waals surface area (Å²) in [4.78, 5) is 8.92. The van der Waals surface area contributed by atoms with Crippen LogP contribution in [0.1, 0.15) is 23.7 Å². The van der Waals surface area contributed by atoms with Crippen molar-refractivity contribution in [1.29, 1.82) is 0 Å². The summed E-state index contributed by atoms with van der Waals surface area (Å²) < 4.78 is 1.91. The lowest BCUT2D eigenvalue weighted by atomic mass is 10.2. The number of fused-ring (bicyclic) bond motifs is 1. The van der Waals surface area contributed by atoms with Gasteiger partial charge in [0.1, 0.15) is 11.3 Å². The van der Waals surface area contributed by atoms with E-state index in [4.69, 9.17) is 34.8 Å². The van der Waals surface area contributed by atoms with Gasteiger partial charge in [0.15, 0.2) is 5.65 Å². The Hall–Kier alpha value is -1.29. The third-order valence-electron chi connectivity index (χ3n) is 3.26. The summed E-state index contributed by atoms with van der Waals surface area (Å²) in [7, 11) is 0. The summed E-state index contributed by atoms with van der Waals surface area (Å²) in [5.74, 6) is 0.710. The van der Waals surface area contributed by atoms with E-state index in [1.165, 1.54) is 0 Å². The maximum Gasteiger partial charge on any atom is 0.164 e. The van der Waals surface area contributed by atoms with E-state index in [0.717, 1.165) is 11.3 Å². The number of imidazole rings is 1. The topological polar surface area (TPSA) is 30.7 Å². The minimum absolute atomic E-state index is 0.266. The smallest absolute Gasteiger partial charge is 0.164 e. The van der Waals surface area contributed by atoms with E-state index in [1.54, 1.807) is 12.3 Å². The molecule has 0 saturated heterocycles. The molecule has 6 heteroatoms. The highest BCUT2D eigenvalue weighted by Gasteiger charge is 2.18. The van der Waals surface area contributed by atoms with Crippen molar-refractivity contribution in [2.24, 2.45) is 0 Å². The van der Waals surface area contributed by atoms with Crippen molar-refractivity contribution in [2.45, 2.75) is 19.2 Å². The molecule has 0 aliphatic rings. The van der Waals surface area contributed by atoms with Gasteiger partial charge in [0, 0.05) is 11.2 Å². The predicted octanol–water partition coefficient (Wildman–Crippen LogP) is 5.34. The number of nitrogens with zero attached hydrogens (tertiary/aromatic N) is 3. The minimum atomic E-state index is -0.266. The number of benzene rings is 1. The summed E-state index contributed by atoms with van der Waals surface area (Å²) in [6, 6.07) is 7.60. The number of hydrogen-bond donors (Lipinski definition) is 0. The molecule has 108 valence electrons. The lowest BCUT2D eigenvalue weighted by molar-refractivity contribution is 0.877. The third-order valence-corrected chi connectivity index (χ3v) is 4.07. The first-order valence-corrected chi connectivity index (χ1v) is 7.61. The van der Waals surface area contributed by atoms with Crippen LogP contribution in [0, 0.1) is 6.92 Å². The van der Waals surface area contributed by atoms with Gasteiger partial charge in [-0.2, -0.15) is 0 Å². The third kappa shape index (κ3) is 2.61. The molecular weight excluding hydrogens is 329 g/mol. The van der Waals surface area contributed by atoms with Crippen LogP contribution < -0.4 is 0 Å². The Bertz CT molecular complexity index is 824. The Kier molecular flexibility index (Phi) is 3.82. The molecule has 0 aliphatic carbocycles. The second-order valence-electron chi connectivity index (χ2n) is 4.85. The second-order valence-corrected chi connectivity index (χ2v) is 6.35. The molecule has 21 heavy (non-hydrogen) atoms. The van der Waals surface area contributed by atoms with Crippen molar-refractivity contribution >= 4 is 46.0 Å². The molecule has 0 aliphatic heterocycles. The average molecular weight is 341 g/mol. The monoisotopic (exact) mass is 339 g/mol. The molecule has 3 aromatic rings. The minimum Gasteiger partial charge on any atom is -0.279 e. The molecule has 0 bridgehead atoms. The molecule has 1 atom stereocenters. The Morgan fingerprint density at radius 3 is 2.62 bits per heavy atom. The molecule has 0 N–H and O–H groups in total. The number of aryl methyl sites for hydroxylation is 1. The lowest BCUT2D eigenvalue weighted by Crippen LogP contribution is -2.03. The van der Waals surface area contributed by atoms with Crippen LogP contribution in [0.4, 0.5) is 0 Å². The molecule has 1 aromatic carbocycles. The number of alkyl halides is 1. The van der Waals surface area contributed by atoms with Crippen LogP contribution in [-0.2, 0) is 0 Å². The van der Waals surface area contributed by atoms with Gasteiger partial charge in [-0.25, -0.2) is 9.97 Å². The largest absolute Gasteiger partial charge is 0.279 e. The molecular formula is C15H12Cl3N3. The van der Waals surface area contributed by atoms with E-state index in [0.29, 0.717) is 27.0 Å². The van der Waals surface area contributed by atoms with Crippen molar-refractivity contribution < 1.29 is 0 Å². The van der Waals surface area contributed by atoms with Gasteiger partial charge in [-0.15, -0.1) is 11.6 Å². The molecule has 0 spiro atoms. The van der Waals surface area contributed by atoms with Crippen LogP contribution in [0.2, 0.25) is 10.0 Å². The van der Waals surface area contributed by atoms with E-state index < -0.39 is 0 Å². The van der Waals surface area contributed by atoms with E-state index in [9.17, 15) is 0 Å². The van der Waals surface area contributed by atoms with Gasteiger partial charge in [0.05, 0.1) is 16.1 Å². The van der Waals surface area contributed by atoms with Gasteiger partial charge in [0.2, 0.25) is 0 Å². The summed E-state index contributed by atoms with van der Waals surface area (Å²) in [5, 5.41) is 0.970. The highest BCUT2D eigenvalue weighted by Crippen LogP contribution is 2.29. The molecule has 0 fully saturated rings. The maximum absolute atomic E-state index is 6.26. The first kappa shape index (κ1) is 14.6. The highest BCUT2D eigenvalue weighted by atomic mass is 35.5. The number of halogens is 3. The Morgan fingerprint density at radius 2 is 1.95 bits per heavy atom. The van der Waals surface area contributed by atoms with Crippen LogP contribution in [0.15, 0.2) is 30.5 Å². The van der Waals surface area contributed by atoms with Crippen LogP contribution in [0.25, 0.3) is 16.9 Å². The van der Waals surface area contributed by atoms with Gasteiger partial charge in [-0.3, -0.25) is 4.57 Å². The van der Waals surface area contributed by atoms with Crippen LogP contribution >= 0.6 is 34.8 Å². The Balaban J connectivity index is 2.33. The molecule has 0 radical (unpaired) electrons. The Morgan fingerprint density at radius 1 is 1.19 bits per heavy atom. The number of rotatable bonds is 2. The second kappa shape index (κ2) is 5.48. The van der Waals surface area contributed by atoms with Crippen molar-refractivity contribution in [3.05, 3.63) is 51.9 Å². The zero-order valence-electron chi connectivity index (χ0n) is 11.4. The molecule has 1 unspecified atom stereocenters. The first-order chi connectivity index (χ1) is 9.97. The molecule has 0 amide bonds. The maximum atomic E-state index is 6.26. The SMILES string of the molecule is Cc1ccc(-n2c(C(C)Cl)nc3cc(Cl)cnc32)cc1Cl. The standard InChI is InChI=1S/C15H12Cl3N3/c1-8-3-4-11(6-12(8)18)21-14(9(2)16)20-13-5-10(17)7-19-15(13)21/h3-7,9H,1-2H3. The number of pyridine rings is 1. The van der Waals surface area contributed by atoms with Gasteiger partial charge in [-0.05, 0) is 37.6 Å². The van der Waals surface area contributed by atoms with E-state index in [1.807, 2.05) is 36.6 Å². The van der Waals surface area contributed by atoms with E-state index >= 15 is 0 Å². The fourth-order valence-corrected chi connectivity index (χ4v) is 2.67. The molecule has 3 nitrogen and oxygen atoms in total. The van der Waals surface area contributed by atoms with Gasteiger partial charge < -0.3 is 0 Å². The summed E-state index contributed by atoms with van der Waals surface area (Å²) in [5.41, 5.74) is 3.32. The fourth-order valence-electron chi connectivity index (χ4n) is 2.20. The van der Waals surface area contributed by atoms with Gasteiger partial charge in [0.25, 0.3) is 0 Å². The number of aromatic nitrogens is 3. The lowest BCUT2D eigenvalue weighted by Gasteiger charge is -2.11. The van der Waals surface area contributed by atoms with Crippen LogP contribution in [0.3, 0.4) is 0 Å². The zero-order valence-corrected chi connectivity index (χ0v) is 13.7. The highest BCUT2D eigenvalue weighted by molar-refractivity contribution is 6.31. The summed E-state index contributed by atoms with van der Waals surface area (Å²) in [6.45, 7) is 3.83. The number of hydrogen-bond acceptors (Lipinski definition) is 2. The van der Waals surface area contributed by atoms with Crippen molar-refractivity contribution in [2.75, 3.05) is 0 Å². The van der Waals surface area contributed by atoms with Gasteiger partial charge in [-0.1, -0.05) is 29.3 Å². The van der Waals surface area contributed by atoms with Crippen molar-refractivity contribution in [3.8, 4) is 5.69 Å². The molecule has 0 saturated carbocycles. The zero-order chi connectivity index (χ0) is 15.1. The first-order valence-electron chi connectivity index (χ1n) is 6.42. The normalized spacial score (nSPS) is 12.8. The van der Waals surface area contributed by atoms with Crippen molar-refractivity contribution in [1.82, 2.24) is 14.5 Å². The van der Waals surface area contributed by atoms with Gasteiger partial charge >= 0.3 is 0 Å². The quantitative estimate of drug-likeness (QED) is 0.590. The average Bonchev–Trinajstić information content (AvgIpc) is 2.80.